The number of hydrogen-bond donors (Lipinski definition) is 3. The van der Waals surface area contributed by atoms with Gasteiger partial charge in [-0.15, -0.1) is 18.3 Å². The van der Waals surface area contributed by atoms with E-state index in [0.717, 1.165) is 25.7 Å². The van der Waals surface area contributed by atoms with Gasteiger partial charge in [-0.05, 0) is 19.3 Å². The number of hydrogen-bond acceptors (Lipinski definition) is 4. The number of aromatic hydroxyl groups is 2. The Morgan fingerprint density at radius 2 is 2.08 bits per heavy atom. The molecule has 0 aliphatic heterocycles. The molecule has 1 heterocycles. The molecule has 1 aromatic heterocycles. The zero-order valence-corrected chi connectivity index (χ0v) is 15.8. The van der Waals surface area contributed by atoms with Gasteiger partial charge in [0.2, 0.25) is 11.8 Å². The van der Waals surface area contributed by atoms with Crippen LogP contribution in [0, 0.1) is 0 Å². The van der Waals surface area contributed by atoms with Gasteiger partial charge < -0.3 is 15.5 Å². The molecule has 136 valence electrons. The molecule has 3 N–H and O–H groups in total. The molecule has 6 heteroatoms. The van der Waals surface area contributed by atoms with Crippen molar-refractivity contribution in [3.05, 3.63) is 18.7 Å². The van der Waals surface area contributed by atoms with E-state index in [1.807, 2.05) is 0 Å². The first-order valence-electron chi connectivity index (χ1n) is 8.48. The summed E-state index contributed by atoms with van der Waals surface area (Å²) in [5.41, 5.74) is 0. The van der Waals surface area contributed by atoms with Crippen LogP contribution in [0.4, 0.5) is 0 Å². The summed E-state index contributed by atoms with van der Waals surface area (Å²) in [6.07, 6.45) is 5.56. The Labute approximate surface area is 149 Å². The Hall–Kier alpha value is -1.56. The highest BCUT2D eigenvalue weighted by molar-refractivity contribution is 8.00. The first-order chi connectivity index (χ1) is 11.3. The molecular weight excluding hydrogens is 324 g/mol. The summed E-state index contributed by atoms with van der Waals surface area (Å²) in [6, 6.07) is 1.63. The number of unbranched alkanes of at least 4 members (excludes halogenated alkanes) is 2. The minimum absolute atomic E-state index is 0.00883. The van der Waals surface area contributed by atoms with Crippen molar-refractivity contribution in [2.75, 3.05) is 6.54 Å². The number of thioether (sulfide) groups is 1. The van der Waals surface area contributed by atoms with Gasteiger partial charge in [-0.1, -0.05) is 33.3 Å². The van der Waals surface area contributed by atoms with E-state index in [4.69, 9.17) is 0 Å². The lowest BCUT2D eigenvalue weighted by molar-refractivity contribution is -0.121. The van der Waals surface area contributed by atoms with E-state index in [2.05, 4.69) is 32.7 Å². The van der Waals surface area contributed by atoms with Crippen LogP contribution in [0.3, 0.4) is 0 Å². The lowest BCUT2D eigenvalue weighted by atomic mass is 10.1. The van der Waals surface area contributed by atoms with Crippen LogP contribution >= 0.6 is 11.8 Å². The summed E-state index contributed by atoms with van der Waals surface area (Å²) in [7, 11) is 0. The van der Waals surface area contributed by atoms with Crippen molar-refractivity contribution in [1.82, 2.24) is 9.88 Å². The van der Waals surface area contributed by atoms with Gasteiger partial charge in [0.15, 0.2) is 5.88 Å². The van der Waals surface area contributed by atoms with E-state index in [1.54, 1.807) is 23.9 Å². The second-order valence-electron chi connectivity index (χ2n) is 6.46. The molecule has 5 nitrogen and oxygen atoms in total. The third-order valence-electron chi connectivity index (χ3n) is 3.98. The van der Waals surface area contributed by atoms with Crippen LogP contribution in [-0.4, -0.2) is 32.0 Å². The summed E-state index contributed by atoms with van der Waals surface area (Å²) in [4.78, 5) is 12.2. The molecule has 24 heavy (non-hydrogen) atoms. The lowest BCUT2D eigenvalue weighted by Gasteiger charge is -2.21. The lowest BCUT2D eigenvalue weighted by Crippen LogP contribution is -2.22. The second kappa shape index (κ2) is 9.67. The third kappa shape index (κ3) is 6.51. The fourth-order valence-corrected chi connectivity index (χ4v) is 3.28. The summed E-state index contributed by atoms with van der Waals surface area (Å²) in [5.74, 6) is 0.246. The molecule has 1 rings (SSSR count). The number of amides is 1. The van der Waals surface area contributed by atoms with E-state index >= 15 is 0 Å². The molecule has 0 atom stereocenters. The van der Waals surface area contributed by atoms with Crippen LogP contribution in [-0.2, 0) is 11.3 Å². The maximum absolute atomic E-state index is 11.5. The second-order valence-corrected chi connectivity index (χ2v) is 8.21. The van der Waals surface area contributed by atoms with Gasteiger partial charge in [-0.2, -0.15) is 0 Å². The molecule has 0 fully saturated rings. The topological polar surface area (TPSA) is 74.5 Å². The van der Waals surface area contributed by atoms with E-state index in [9.17, 15) is 15.0 Å². The summed E-state index contributed by atoms with van der Waals surface area (Å²) in [6.45, 7) is 10.9. The molecule has 1 amide bonds. The fraction of sp³-hybridized carbons (Fsp3) is 0.611. The largest absolute Gasteiger partial charge is 0.494 e. The zero-order valence-electron chi connectivity index (χ0n) is 15.0. The first-order valence-corrected chi connectivity index (χ1v) is 9.30. The van der Waals surface area contributed by atoms with Gasteiger partial charge in [0.25, 0.3) is 0 Å². The van der Waals surface area contributed by atoms with Crippen molar-refractivity contribution in [2.24, 2.45) is 0 Å². The van der Waals surface area contributed by atoms with Crippen LogP contribution in [0.15, 0.2) is 23.6 Å². The maximum atomic E-state index is 11.5. The Morgan fingerprint density at radius 3 is 2.71 bits per heavy atom. The van der Waals surface area contributed by atoms with Gasteiger partial charge in [-0.3, -0.25) is 9.36 Å². The van der Waals surface area contributed by atoms with Gasteiger partial charge in [0.05, 0.1) is 4.90 Å². The first kappa shape index (κ1) is 20.5. The zero-order chi connectivity index (χ0) is 18.2. The van der Waals surface area contributed by atoms with Crippen molar-refractivity contribution in [1.29, 1.82) is 0 Å². The Kier molecular flexibility index (Phi) is 8.25. The molecule has 0 aliphatic rings. The van der Waals surface area contributed by atoms with Crippen LogP contribution in [0.2, 0.25) is 0 Å². The molecule has 0 aromatic carbocycles. The number of rotatable bonds is 11. The smallest absolute Gasteiger partial charge is 0.220 e. The number of nitrogens with one attached hydrogen (secondary N) is 1. The molecule has 1 aromatic rings. The number of aromatic nitrogens is 1. The molecule has 0 unspecified atom stereocenters. The van der Waals surface area contributed by atoms with Crippen molar-refractivity contribution in [3.8, 4) is 11.8 Å². The average molecular weight is 355 g/mol. The van der Waals surface area contributed by atoms with Gasteiger partial charge in [0, 0.05) is 30.3 Å². The third-order valence-corrected chi connectivity index (χ3v) is 5.34. The van der Waals surface area contributed by atoms with Crippen molar-refractivity contribution >= 4 is 17.7 Å². The molecule has 0 spiro atoms. The molecule has 0 radical (unpaired) electrons. The highest BCUT2D eigenvalue weighted by Gasteiger charge is 2.22. The van der Waals surface area contributed by atoms with Crippen LogP contribution in [0.5, 0.6) is 11.8 Å². The summed E-state index contributed by atoms with van der Waals surface area (Å²) >= 11 is 1.57. The normalized spacial score (nSPS) is 11.5. The molecule has 0 aliphatic carbocycles. The number of carbonyl (C=O) groups is 1. The fourth-order valence-electron chi connectivity index (χ4n) is 2.17. The monoisotopic (exact) mass is 354 g/mol. The van der Waals surface area contributed by atoms with Gasteiger partial charge >= 0.3 is 0 Å². The molecule has 0 saturated heterocycles. The van der Waals surface area contributed by atoms with Crippen molar-refractivity contribution in [2.45, 2.75) is 69.1 Å². The minimum atomic E-state index is 0.00883. The predicted octanol–water partition coefficient (Wildman–Crippen LogP) is 4.04. The Bertz CT molecular complexity index is 553. The minimum Gasteiger partial charge on any atom is -0.494 e. The van der Waals surface area contributed by atoms with E-state index in [0.29, 0.717) is 24.4 Å². The SMILES string of the molecule is C=CCNC(=O)CCCCCn1c(O)cc(SC(C)(C)CC)c1O. The Morgan fingerprint density at radius 1 is 1.38 bits per heavy atom. The molecular formula is C18H30N2O3S. The van der Waals surface area contributed by atoms with Crippen LogP contribution in [0.1, 0.15) is 52.9 Å². The standard InChI is InChI=1S/C18H30N2O3S/c1-5-11-19-15(21)10-8-7-9-12-20-16(22)13-14(17(20)23)24-18(3,4)6-2/h5,13,22-23H,1,6-12H2,2-4H3,(H,19,21). The highest BCUT2D eigenvalue weighted by Crippen LogP contribution is 2.43. The predicted molar refractivity (Wildman–Crippen MR) is 99.7 cm³/mol. The van der Waals surface area contributed by atoms with E-state index < -0.39 is 0 Å². The van der Waals surface area contributed by atoms with Gasteiger partial charge in [-0.25, -0.2) is 0 Å². The average Bonchev–Trinajstić information content (AvgIpc) is 2.79. The van der Waals surface area contributed by atoms with Crippen molar-refractivity contribution in [3.63, 3.8) is 0 Å². The number of carbonyl (C=O) groups excluding carboxylic acids is 1. The maximum Gasteiger partial charge on any atom is 0.220 e. The van der Waals surface area contributed by atoms with Crippen LogP contribution in [0.25, 0.3) is 0 Å². The Balaban J connectivity index is 2.44. The molecule has 0 saturated carbocycles. The quantitative estimate of drug-likeness (QED) is 0.318. The highest BCUT2D eigenvalue weighted by atomic mass is 32.2. The molecule has 0 bridgehead atoms. The van der Waals surface area contributed by atoms with Gasteiger partial charge in [0.1, 0.15) is 0 Å². The van der Waals surface area contributed by atoms with E-state index in [-0.39, 0.29) is 22.4 Å². The summed E-state index contributed by atoms with van der Waals surface area (Å²) in [5, 5.41) is 23.1. The van der Waals surface area contributed by atoms with Crippen LogP contribution < -0.4 is 5.32 Å². The number of nitrogens with zero attached hydrogens (tertiary/aromatic N) is 1. The van der Waals surface area contributed by atoms with Crippen molar-refractivity contribution < 1.29 is 15.0 Å². The van der Waals surface area contributed by atoms with E-state index in [1.165, 1.54) is 4.57 Å². The summed E-state index contributed by atoms with van der Waals surface area (Å²) < 4.78 is 1.54.